The third-order valence-corrected chi connectivity index (χ3v) is 2.28. The van der Waals surface area contributed by atoms with Crippen molar-refractivity contribution in [2.45, 2.75) is 13.3 Å². The van der Waals surface area contributed by atoms with Crippen molar-refractivity contribution in [3.05, 3.63) is 40.4 Å². The Labute approximate surface area is 88.4 Å². The highest BCUT2D eigenvalue weighted by atomic mass is 35.5. The Morgan fingerprint density at radius 1 is 1.50 bits per heavy atom. The third-order valence-electron chi connectivity index (χ3n) is 1.93. The van der Waals surface area contributed by atoms with E-state index in [0.29, 0.717) is 17.0 Å². The fourth-order valence-electron chi connectivity index (χ4n) is 1.13. The average molecular weight is 210 g/mol. The second kappa shape index (κ2) is 4.82. The van der Waals surface area contributed by atoms with Crippen LogP contribution in [-0.4, -0.2) is 5.91 Å². The lowest BCUT2D eigenvalue weighted by atomic mass is 10.1. The maximum absolute atomic E-state index is 11.0. The summed E-state index contributed by atoms with van der Waals surface area (Å²) in [7, 11) is 0. The first-order valence-corrected chi connectivity index (χ1v) is 4.78. The Balaban J connectivity index is 3.07. The Kier molecular flexibility index (Phi) is 3.72. The summed E-state index contributed by atoms with van der Waals surface area (Å²) >= 11 is 5.93. The summed E-state index contributed by atoms with van der Waals surface area (Å²) in [5, 5.41) is 0.625. The molecule has 1 amide bonds. The number of amides is 1. The Morgan fingerprint density at radius 3 is 2.64 bits per heavy atom. The van der Waals surface area contributed by atoms with Crippen LogP contribution in [0.15, 0.2) is 29.8 Å². The van der Waals surface area contributed by atoms with Gasteiger partial charge in [0.2, 0.25) is 5.91 Å². The maximum atomic E-state index is 11.0. The molecule has 0 aromatic heterocycles. The van der Waals surface area contributed by atoms with E-state index in [1.54, 1.807) is 12.1 Å². The Hall–Kier alpha value is -1.28. The molecule has 0 radical (unpaired) electrons. The molecule has 0 aliphatic carbocycles. The van der Waals surface area contributed by atoms with Crippen molar-refractivity contribution in [3.8, 4) is 0 Å². The number of primary amides is 1. The number of carbonyl (C=O) groups excluding carboxylic acids is 1. The Morgan fingerprint density at radius 2 is 2.14 bits per heavy atom. The third kappa shape index (κ3) is 2.60. The van der Waals surface area contributed by atoms with Crippen LogP contribution in [0.5, 0.6) is 0 Å². The average Bonchev–Trinajstić information content (AvgIpc) is 2.16. The van der Waals surface area contributed by atoms with Crippen molar-refractivity contribution in [3.63, 3.8) is 0 Å². The predicted molar refractivity (Wildman–Crippen MR) is 58.9 cm³/mol. The van der Waals surface area contributed by atoms with E-state index in [1.807, 2.05) is 25.1 Å². The van der Waals surface area contributed by atoms with Crippen LogP contribution < -0.4 is 5.73 Å². The molecule has 2 nitrogen and oxygen atoms in total. The standard InChI is InChI=1S/C11H12ClNO/c1-2-8(11(13)14)7-9-5-3-4-6-10(9)12/h3-7H,2H2,1H3,(H2,13,14)/b8-7+. The van der Waals surface area contributed by atoms with Crippen molar-refractivity contribution in [2.24, 2.45) is 5.73 Å². The summed E-state index contributed by atoms with van der Waals surface area (Å²) in [5.74, 6) is -0.396. The summed E-state index contributed by atoms with van der Waals surface area (Å²) in [6, 6.07) is 7.34. The zero-order valence-electron chi connectivity index (χ0n) is 7.96. The van der Waals surface area contributed by atoms with Gasteiger partial charge in [0.05, 0.1) is 0 Å². The SMILES string of the molecule is CC/C(=C\c1ccccc1Cl)C(N)=O. The van der Waals surface area contributed by atoms with Gasteiger partial charge in [-0.25, -0.2) is 0 Å². The minimum Gasteiger partial charge on any atom is -0.366 e. The topological polar surface area (TPSA) is 43.1 Å². The molecule has 1 aromatic rings. The molecule has 0 aliphatic heterocycles. The monoisotopic (exact) mass is 209 g/mol. The molecule has 1 aromatic carbocycles. The number of carbonyl (C=O) groups is 1. The van der Waals surface area contributed by atoms with Crippen LogP contribution in [0, 0.1) is 0 Å². The summed E-state index contributed by atoms with van der Waals surface area (Å²) in [5.41, 5.74) is 6.60. The minimum atomic E-state index is -0.396. The fraction of sp³-hybridized carbons (Fsp3) is 0.182. The van der Waals surface area contributed by atoms with Crippen LogP contribution in [0.2, 0.25) is 5.02 Å². The second-order valence-electron chi connectivity index (χ2n) is 2.91. The largest absolute Gasteiger partial charge is 0.366 e. The molecule has 0 heterocycles. The van der Waals surface area contributed by atoms with Crippen LogP contribution in [0.1, 0.15) is 18.9 Å². The molecule has 1 rings (SSSR count). The van der Waals surface area contributed by atoms with Crippen molar-refractivity contribution in [1.29, 1.82) is 0 Å². The molecule has 0 fully saturated rings. The molecule has 0 spiro atoms. The lowest BCUT2D eigenvalue weighted by Crippen LogP contribution is -2.13. The van der Waals surface area contributed by atoms with Gasteiger partial charge < -0.3 is 5.73 Å². The normalized spacial score (nSPS) is 11.4. The zero-order chi connectivity index (χ0) is 10.6. The van der Waals surface area contributed by atoms with Gasteiger partial charge in [-0.05, 0) is 24.1 Å². The van der Waals surface area contributed by atoms with Crippen LogP contribution in [0.3, 0.4) is 0 Å². The molecule has 0 unspecified atom stereocenters. The van der Waals surface area contributed by atoms with E-state index in [-0.39, 0.29) is 0 Å². The first-order valence-electron chi connectivity index (χ1n) is 4.40. The summed E-state index contributed by atoms with van der Waals surface area (Å²) in [6.07, 6.45) is 2.34. The number of benzene rings is 1. The van der Waals surface area contributed by atoms with Crippen molar-refractivity contribution >= 4 is 23.6 Å². The first kappa shape index (κ1) is 10.8. The fourth-order valence-corrected chi connectivity index (χ4v) is 1.32. The number of hydrogen-bond acceptors (Lipinski definition) is 1. The molecular formula is C11H12ClNO. The Bertz CT molecular complexity index is 371. The molecule has 0 saturated heterocycles. The van der Waals surface area contributed by atoms with Gasteiger partial charge in [-0.1, -0.05) is 36.7 Å². The van der Waals surface area contributed by atoms with Gasteiger partial charge in [0, 0.05) is 10.6 Å². The molecule has 74 valence electrons. The van der Waals surface area contributed by atoms with Crippen LogP contribution in [-0.2, 0) is 4.79 Å². The van der Waals surface area contributed by atoms with Crippen LogP contribution in [0.25, 0.3) is 6.08 Å². The molecule has 2 N–H and O–H groups in total. The molecular weight excluding hydrogens is 198 g/mol. The van der Waals surface area contributed by atoms with Gasteiger partial charge in [-0.2, -0.15) is 0 Å². The highest BCUT2D eigenvalue weighted by molar-refractivity contribution is 6.32. The summed E-state index contributed by atoms with van der Waals surface area (Å²) < 4.78 is 0. The first-order chi connectivity index (χ1) is 6.65. The second-order valence-corrected chi connectivity index (χ2v) is 3.32. The molecule has 0 atom stereocenters. The minimum absolute atomic E-state index is 0.396. The number of halogens is 1. The van der Waals surface area contributed by atoms with Crippen molar-refractivity contribution < 1.29 is 4.79 Å². The molecule has 0 saturated carbocycles. The van der Waals surface area contributed by atoms with Crippen molar-refractivity contribution in [1.82, 2.24) is 0 Å². The van der Waals surface area contributed by atoms with Gasteiger partial charge in [0.15, 0.2) is 0 Å². The molecule has 0 aliphatic rings. The molecule has 3 heteroatoms. The zero-order valence-corrected chi connectivity index (χ0v) is 8.71. The predicted octanol–water partition coefficient (Wildman–Crippen LogP) is 2.62. The van der Waals surface area contributed by atoms with E-state index in [1.165, 1.54) is 0 Å². The van der Waals surface area contributed by atoms with E-state index in [2.05, 4.69) is 0 Å². The molecule has 0 bridgehead atoms. The van der Waals surface area contributed by atoms with Crippen molar-refractivity contribution in [2.75, 3.05) is 0 Å². The lowest BCUT2D eigenvalue weighted by molar-refractivity contribution is -0.114. The van der Waals surface area contributed by atoms with E-state index >= 15 is 0 Å². The van der Waals surface area contributed by atoms with Gasteiger partial charge in [0.1, 0.15) is 0 Å². The quantitative estimate of drug-likeness (QED) is 0.765. The summed E-state index contributed by atoms with van der Waals surface area (Å²) in [6.45, 7) is 1.88. The van der Waals surface area contributed by atoms with Gasteiger partial charge in [0.25, 0.3) is 0 Å². The lowest BCUT2D eigenvalue weighted by Gasteiger charge is -2.01. The van der Waals surface area contributed by atoms with Gasteiger partial charge in [-0.15, -0.1) is 0 Å². The van der Waals surface area contributed by atoms with Gasteiger partial charge >= 0.3 is 0 Å². The molecule has 14 heavy (non-hydrogen) atoms. The number of rotatable bonds is 3. The van der Waals surface area contributed by atoms with Gasteiger partial charge in [-0.3, -0.25) is 4.79 Å². The van der Waals surface area contributed by atoms with Crippen LogP contribution in [0.4, 0.5) is 0 Å². The van der Waals surface area contributed by atoms with Crippen LogP contribution >= 0.6 is 11.6 Å². The van der Waals surface area contributed by atoms with E-state index in [4.69, 9.17) is 17.3 Å². The highest BCUT2D eigenvalue weighted by Crippen LogP contribution is 2.18. The van der Waals surface area contributed by atoms with E-state index in [0.717, 1.165) is 5.56 Å². The maximum Gasteiger partial charge on any atom is 0.244 e. The van der Waals surface area contributed by atoms with E-state index < -0.39 is 5.91 Å². The highest BCUT2D eigenvalue weighted by Gasteiger charge is 2.03. The number of nitrogens with two attached hydrogens (primary N) is 1. The number of hydrogen-bond donors (Lipinski definition) is 1. The summed E-state index contributed by atoms with van der Waals surface area (Å²) in [4.78, 5) is 11.0. The smallest absolute Gasteiger partial charge is 0.244 e. The van der Waals surface area contributed by atoms with E-state index in [9.17, 15) is 4.79 Å².